The Labute approximate surface area is 108 Å². The molecule has 3 rings (SSSR count). The molecule has 4 nitrogen and oxygen atoms in total. The molecule has 0 bridgehead atoms. The summed E-state index contributed by atoms with van der Waals surface area (Å²) < 4.78 is 1.96. The van der Waals surface area contributed by atoms with Gasteiger partial charge in [0.15, 0.2) is 5.16 Å². The molecule has 1 aliphatic rings. The fraction of sp³-hybridized carbons (Fsp3) is 0.364. The fourth-order valence-electron chi connectivity index (χ4n) is 1.53. The van der Waals surface area contributed by atoms with E-state index in [-0.39, 0.29) is 0 Å². The molecule has 1 saturated carbocycles. The Hall–Kier alpha value is -1.07. The summed E-state index contributed by atoms with van der Waals surface area (Å²) in [6.45, 7) is 0. The van der Waals surface area contributed by atoms with Crippen LogP contribution in [0.2, 0.25) is 5.15 Å². The number of aryl methyl sites for hydroxylation is 1. The Morgan fingerprint density at radius 1 is 1.41 bits per heavy atom. The fourth-order valence-corrected chi connectivity index (χ4v) is 2.60. The number of aromatic nitrogens is 4. The van der Waals surface area contributed by atoms with Crippen molar-refractivity contribution in [2.45, 2.75) is 28.9 Å². The largest absolute Gasteiger partial charge is 0.329 e. The third-order valence-electron chi connectivity index (χ3n) is 2.60. The molecule has 0 aromatic carbocycles. The zero-order chi connectivity index (χ0) is 11.8. The summed E-state index contributed by atoms with van der Waals surface area (Å²) in [4.78, 5) is 13.0. The zero-order valence-corrected chi connectivity index (χ0v) is 10.9. The highest BCUT2D eigenvalue weighted by Gasteiger charge is 2.27. The normalized spacial score (nSPS) is 15.2. The van der Waals surface area contributed by atoms with Crippen LogP contribution in [0.5, 0.6) is 0 Å². The SMILES string of the molecule is Cn1ccnc1Sc1cc(Cl)nc(C2CC2)n1. The smallest absolute Gasteiger partial charge is 0.174 e. The minimum absolute atomic E-state index is 0.509. The second-order valence-corrected chi connectivity index (χ2v) is 5.46. The first-order valence-electron chi connectivity index (χ1n) is 5.42. The van der Waals surface area contributed by atoms with E-state index >= 15 is 0 Å². The molecule has 1 aliphatic carbocycles. The van der Waals surface area contributed by atoms with Crippen molar-refractivity contribution in [2.24, 2.45) is 7.05 Å². The summed E-state index contributed by atoms with van der Waals surface area (Å²) in [6, 6.07) is 1.78. The molecule has 2 heterocycles. The quantitative estimate of drug-likeness (QED) is 0.802. The third-order valence-corrected chi connectivity index (χ3v) is 3.79. The van der Waals surface area contributed by atoms with Crippen LogP contribution >= 0.6 is 23.4 Å². The van der Waals surface area contributed by atoms with Crippen LogP contribution in [0.4, 0.5) is 0 Å². The molecule has 2 aromatic heterocycles. The second-order valence-electron chi connectivity index (χ2n) is 4.08. The van der Waals surface area contributed by atoms with E-state index in [0.29, 0.717) is 11.1 Å². The van der Waals surface area contributed by atoms with Gasteiger partial charge in [-0.25, -0.2) is 15.0 Å². The molecule has 1 fully saturated rings. The van der Waals surface area contributed by atoms with E-state index < -0.39 is 0 Å². The topological polar surface area (TPSA) is 43.6 Å². The maximum Gasteiger partial charge on any atom is 0.174 e. The molecule has 0 unspecified atom stereocenters. The van der Waals surface area contributed by atoms with Gasteiger partial charge < -0.3 is 4.57 Å². The summed E-state index contributed by atoms with van der Waals surface area (Å²) >= 11 is 7.52. The van der Waals surface area contributed by atoms with E-state index in [0.717, 1.165) is 16.0 Å². The van der Waals surface area contributed by atoms with E-state index in [1.54, 1.807) is 12.3 Å². The van der Waals surface area contributed by atoms with Gasteiger partial charge in [-0.1, -0.05) is 11.6 Å². The highest BCUT2D eigenvalue weighted by molar-refractivity contribution is 7.99. The van der Waals surface area contributed by atoms with Gasteiger partial charge in [-0.2, -0.15) is 0 Å². The van der Waals surface area contributed by atoms with Gasteiger partial charge in [-0.15, -0.1) is 0 Å². The maximum absolute atomic E-state index is 6.01. The van der Waals surface area contributed by atoms with Crippen molar-refractivity contribution < 1.29 is 0 Å². The Kier molecular flexibility index (Phi) is 2.80. The van der Waals surface area contributed by atoms with Gasteiger partial charge in [0.1, 0.15) is 16.0 Å². The van der Waals surface area contributed by atoms with Gasteiger partial charge >= 0.3 is 0 Å². The first-order chi connectivity index (χ1) is 8.22. The van der Waals surface area contributed by atoms with Crippen molar-refractivity contribution in [1.29, 1.82) is 0 Å². The lowest BCUT2D eigenvalue weighted by molar-refractivity contribution is 0.786. The first-order valence-corrected chi connectivity index (χ1v) is 6.61. The summed E-state index contributed by atoms with van der Waals surface area (Å²) in [5.41, 5.74) is 0. The second kappa shape index (κ2) is 4.31. The van der Waals surface area contributed by atoms with Crippen molar-refractivity contribution in [3.63, 3.8) is 0 Å². The van der Waals surface area contributed by atoms with E-state index in [4.69, 9.17) is 11.6 Å². The van der Waals surface area contributed by atoms with Gasteiger partial charge in [-0.3, -0.25) is 0 Å². The van der Waals surface area contributed by atoms with Gasteiger partial charge in [0.25, 0.3) is 0 Å². The van der Waals surface area contributed by atoms with Crippen LogP contribution in [-0.4, -0.2) is 19.5 Å². The number of hydrogen-bond donors (Lipinski definition) is 0. The van der Waals surface area contributed by atoms with E-state index in [2.05, 4.69) is 15.0 Å². The number of nitrogens with zero attached hydrogens (tertiary/aromatic N) is 4. The zero-order valence-electron chi connectivity index (χ0n) is 9.30. The molecule has 17 heavy (non-hydrogen) atoms. The molecule has 0 spiro atoms. The Morgan fingerprint density at radius 2 is 2.24 bits per heavy atom. The minimum Gasteiger partial charge on any atom is -0.329 e. The van der Waals surface area contributed by atoms with Crippen LogP contribution in [0.15, 0.2) is 28.6 Å². The number of rotatable bonds is 3. The molecule has 88 valence electrons. The van der Waals surface area contributed by atoms with Crippen LogP contribution in [-0.2, 0) is 7.05 Å². The lowest BCUT2D eigenvalue weighted by atomic mass is 10.4. The predicted molar refractivity (Wildman–Crippen MR) is 66.3 cm³/mol. The molecular weight excluding hydrogens is 256 g/mol. The monoisotopic (exact) mass is 266 g/mol. The summed E-state index contributed by atoms with van der Waals surface area (Å²) in [7, 11) is 1.96. The Balaban J connectivity index is 1.89. The van der Waals surface area contributed by atoms with Crippen molar-refractivity contribution in [3.8, 4) is 0 Å². The molecule has 0 radical (unpaired) electrons. The van der Waals surface area contributed by atoms with Crippen molar-refractivity contribution >= 4 is 23.4 Å². The van der Waals surface area contributed by atoms with E-state index in [1.165, 1.54) is 24.6 Å². The molecule has 0 amide bonds. The Bertz CT molecular complexity index is 550. The number of halogens is 1. The van der Waals surface area contributed by atoms with E-state index in [1.807, 2.05) is 17.8 Å². The summed E-state index contributed by atoms with van der Waals surface area (Å²) in [5, 5.41) is 2.28. The van der Waals surface area contributed by atoms with Crippen LogP contribution in [0.1, 0.15) is 24.6 Å². The third kappa shape index (κ3) is 2.45. The molecule has 0 aliphatic heterocycles. The highest BCUT2D eigenvalue weighted by Crippen LogP contribution is 2.39. The van der Waals surface area contributed by atoms with Crippen LogP contribution in [0, 0.1) is 0 Å². The Morgan fingerprint density at radius 3 is 2.88 bits per heavy atom. The van der Waals surface area contributed by atoms with Gasteiger partial charge in [-0.05, 0) is 24.6 Å². The van der Waals surface area contributed by atoms with Gasteiger partial charge in [0, 0.05) is 31.4 Å². The highest BCUT2D eigenvalue weighted by atomic mass is 35.5. The predicted octanol–water partition coefficient (Wildman–Crippen LogP) is 2.89. The molecule has 6 heteroatoms. The van der Waals surface area contributed by atoms with Crippen molar-refractivity contribution in [3.05, 3.63) is 29.4 Å². The molecule has 0 N–H and O–H groups in total. The summed E-state index contributed by atoms with van der Waals surface area (Å²) in [5.74, 6) is 1.38. The average molecular weight is 267 g/mol. The minimum atomic E-state index is 0.509. The summed E-state index contributed by atoms with van der Waals surface area (Å²) in [6.07, 6.45) is 6.03. The maximum atomic E-state index is 6.01. The van der Waals surface area contributed by atoms with Crippen LogP contribution in [0.3, 0.4) is 0 Å². The molecule has 2 aromatic rings. The molecule has 0 atom stereocenters. The standard InChI is InChI=1S/C11H11ClN4S/c1-16-5-4-13-11(16)17-9-6-8(12)14-10(15-9)7-2-3-7/h4-7H,2-3H2,1H3. The number of hydrogen-bond acceptors (Lipinski definition) is 4. The molecule has 0 saturated heterocycles. The van der Waals surface area contributed by atoms with Crippen LogP contribution < -0.4 is 0 Å². The lowest BCUT2D eigenvalue weighted by Gasteiger charge is -2.03. The molecular formula is C11H11ClN4S. The first kappa shape index (κ1) is 11.0. The van der Waals surface area contributed by atoms with Gasteiger partial charge in [0.2, 0.25) is 0 Å². The van der Waals surface area contributed by atoms with E-state index in [9.17, 15) is 0 Å². The average Bonchev–Trinajstić information content (AvgIpc) is 3.05. The lowest BCUT2D eigenvalue weighted by Crippen LogP contribution is -1.96. The van der Waals surface area contributed by atoms with Gasteiger partial charge in [0.05, 0.1) is 0 Å². The van der Waals surface area contributed by atoms with Crippen molar-refractivity contribution in [1.82, 2.24) is 19.5 Å². The van der Waals surface area contributed by atoms with Crippen LogP contribution in [0.25, 0.3) is 0 Å². The number of imidazole rings is 1. The van der Waals surface area contributed by atoms with Crippen molar-refractivity contribution in [2.75, 3.05) is 0 Å².